The third-order valence-electron chi connectivity index (χ3n) is 3.85. The minimum absolute atomic E-state index is 0.180. The van der Waals surface area contributed by atoms with E-state index in [0.29, 0.717) is 39.4 Å². The smallest absolute Gasteiger partial charge is 0.268 e. The predicted molar refractivity (Wildman–Crippen MR) is 93.7 cm³/mol. The van der Waals surface area contributed by atoms with Crippen LogP contribution in [0.2, 0.25) is 10.0 Å². The topological polar surface area (TPSA) is 69.2 Å². The van der Waals surface area contributed by atoms with Gasteiger partial charge in [0.2, 0.25) is 12.9 Å². The third-order valence-corrected chi connectivity index (χ3v) is 4.59. The van der Waals surface area contributed by atoms with E-state index in [0.717, 1.165) is 5.56 Å². The number of benzene rings is 2. The maximum Gasteiger partial charge on any atom is 0.268 e. The van der Waals surface area contributed by atoms with Gasteiger partial charge in [-0.25, -0.2) is 0 Å². The molecule has 8 heteroatoms. The highest BCUT2D eigenvalue weighted by Crippen LogP contribution is 2.34. The molecule has 25 heavy (non-hydrogen) atoms. The lowest BCUT2D eigenvalue weighted by molar-refractivity contribution is -0.125. The zero-order chi connectivity index (χ0) is 17.4. The van der Waals surface area contributed by atoms with Gasteiger partial charge in [-0.15, -0.1) is 0 Å². The molecule has 0 radical (unpaired) electrons. The molecule has 2 heterocycles. The number of fused-ring (bicyclic) bond motifs is 1. The number of hydrogen-bond acceptors (Lipinski definition) is 5. The van der Waals surface area contributed by atoms with Gasteiger partial charge in [0, 0.05) is 23.7 Å². The molecule has 128 valence electrons. The van der Waals surface area contributed by atoms with Crippen LogP contribution in [0.3, 0.4) is 0 Å². The minimum atomic E-state index is -0.713. The SMILES string of the molecule is O=C(Nc1ccc2c(c1)OCO2)[C@H]1CC(c2ccc(Cl)c(Cl)c2)=NO1. The third kappa shape index (κ3) is 3.23. The zero-order valence-corrected chi connectivity index (χ0v) is 14.3. The molecule has 0 aliphatic carbocycles. The van der Waals surface area contributed by atoms with Crippen molar-refractivity contribution in [3.05, 3.63) is 52.0 Å². The van der Waals surface area contributed by atoms with Crippen molar-refractivity contribution in [2.45, 2.75) is 12.5 Å². The molecular formula is C17H12Cl2N2O4. The summed E-state index contributed by atoms with van der Waals surface area (Å²) in [5.41, 5.74) is 2.01. The van der Waals surface area contributed by atoms with Gasteiger partial charge >= 0.3 is 0 Å². The lowest BCUT2D eigenvalue weighted by Gasteiger charge is -2.10. The van der Waals surface area contributed by atoms with Crippen molar-refractivity contribution >= 4 is 40.5 Å². The fourth-order valence-electron chi connectivity index (χ4n) is 2.56. The monoisotopic (exact) mass is 378 g/mol. The summed E-state index contributed by atoms with van der Waals surface area (Å²) in [5, 5.41) is 7.66. The number of amides is 1. The van der Waals surface area contributed by atoms with E-state index in [1.165, 1.54) is 0 Å². The van der Waals surface area contributed by atoms with Crippen LogP contribution in [0.25, 0.3) is 0 Å². The first-order chi connectivity index (χ1) is 12.1. The van der Waals surface area contributed by atoms with E-state index >= 15 is 0 Å². The summed E-state index contributed by atoms with van der Waals surface area (Å²) < 4.78 is 10.5. The number of ether oxygens (including phenoxy) is 2. The maximum absolute atomic E-state index is 12.4. The molecule has 2 aromatic rings. The van der Waals surface area contributed by atoms with Gasteiger partial charge in [0.25, 0.3) is 5.91 Å². The van der Waals surface area contributed by atoms with Gasteiger partial charge in [0.05, 0.1) is 15.8 Å². The first-order valence-electron chi connectivity index (χ1n) is 7.49. The van der Waals surface area contributed by atoms with Crippen LogP contribution in [0.15, 0.2) is 41.6 Å². The molecule has 0 unspecified atom stereocenters. The molecule has 6 nitrogen and oxygen atoms in total. The summed E-state index contributed by atoms with van der Waals surface area (Å²) in [4.78, 5) is 17.6. The van der Waals surface area contributed by atoms with Crippen LogP contribution in [-0.2, 0) is 9.63 Å². The highest BCUT2D eigenvalue weighted by atomic mass is 35.5. The van der Waals surface area contributed by atoms with Crippen LogP contribution in [0.1, 0.15) is 12.0 Å². The van der Waals surface area contributed by atoms with Crippen molar-refractivity contribution in [1.29, 1.82) is 0 Å². The normalized spacial score (nSPS) is 17.8. The van der Waals surface area contributed by atoms with Crippen LogP contribution in [0.5, 0.6) is 11.5 Å². The average molecular weight is 379 g/mol. The van der Waals surface area contributed by atoms with E-state index in [2.05, 4.69) is 10.5 Å². The number of carbonyl (C=O) groups is 1. The summed E-state index contributed by atoms with van der Waals surface area (Å²) in [6, 6.07) is 10.3. The van der Waals surface area contributed by atoms with Gasteiger partial charge in [-0.05, 0) is 24.3 Å². The molecule has 1 amide bonds. The molecule has 0 fully saturated rings. The average Bonchev–Trinajstić information content (AvgIpc) is 3.26. The van der Waals surface area contributed by atoms with Crippen molar-refractivity contribution in [2.75, 3.05) is 12.1 Å². The minimum Gasteiger partial charge on any atom is -0.454 e. The molecule has 0 spiro atoms. The van der Waals surface area contributed by atoms with Crippen LogP contribution >= 0.6 is 23.2 Å². The molecule has 0 bridgehead atoms. The van der Waals surface area contributed by atoms with Crippen molar-refractivity contribution in [3.8, 4) is 11.5 Å². The fourth-order valence-corrected chi connectivity index (χ4v) is 2.86. The van der Waals surface area contributed by atoms with Crippen LogP contribution < -0.4 is 14.8 Å². The summed E-state index contributed by atoms with van der Waals surface area (Å²) in [6.07, 6.45) is -0.371. The lowest BCUT2D eigenvalue weighted by atomic mass is 10.0. The van der Waals surface area contributed by atoms with Gasteiger partial charge in [-0.2, -0.15) is 0 Å². The number of halogens is 2. The summed E-state index contributed by atoms with van der Waals surface area (Å²) >= 11 is 11.9. The fraction of sp³-hybridized carbons (Fsp3) is 0.176. The summed E-state index contributed by atoms with van der Waals surface area (Å²) in [7, 11) is 0. The predicted octanol–water partition coefficient (Wildman–Crippen LogP) is 3.85. The van der Waals surface area contributed by atoms with Crippen molar-refractivity contribution in [1.82, 2.24) is 0 Å². The van der Waals surface area contributed by atoms with E-state index in [4.69, 9.17) is 37.5 Å². The molecule has 0 aromatic heterocycles. The molecule has 4 rings (SSSR count). The van der Waals surface area contributed by atoms with E-state index in [9.17, 15) is 4.79 Å². The Hall–Kier alpha value is -2.44. The van der Waals surface area contributed by atoms with E-state index in [1.54, 1.807) is 36.4 Å². The van der Waals surface area contributed by atoms with Gasteiger partial charge in [-0.3, -0.25) is 4.79 Å². The molecule has 2 aliphatic rings. The Labute approximate surface area is 153 Å². The van der Waals surface area contributed by atoms with Crippen molar-refractivity contribution < 1.29 is 19.1 Å². The first kappa shape index (κ1) is 16.1. The van der Waals surface area contributed by atoms with E-state index < -0.39 is 6.10 Å². The highest BCUT2D eigenvalue weighted by molar-refractivity contribution is 6.42. The van der Waals surface area contributed by atoms with E-state index in [1.807, 2.05) is 0 Å². The second kappa shape index (κ2) is 6.46. The Balaban J connectivity index is 1.42. The highest BCUT2D eigenvalue weighted by Gasteiger charge is 2.29. The molecule has 1 N–H and O–H groups in total. The molecule has 1 atom stereocenters. The number of nitrogens with one attached hydrogen (secondary N) is 1. The van der Waals surface area contributed by atoms with Gasteiger partial charge in [0.15, 0.2) is 11.5 Å². The number of oxime groups is 1. The Morgan fingerprint density at radius 1 is 1.08 bits per heavy atom. The molecule has 2 aliphatic heterocycles. The van der Waals surface area contributed by atoms with Gasteiger partial charge in [-0.1, -0.05) is 34.4 Å². The van der Waals surface area contributed by atoms with Crippen LogP contribution in [0.4, 0.5) is 5.69 Å². The van der Waals surface area contributed by atoms with Crippen LogP contribution in [-0.4, -0.2) is 24.5 Å². The van der Waals surface area contributed by atoms with Crippen molar-refractivity contribution in [2.24, 2.45) is 5.16 Å². The van der Waals surface area contributed by atoms with Gasteiger partial charge in [0.1, 0.15) is 0 Å². The summed E-state index contributed by atoms with van der Waals surface area (Å²) in [6.45, 7) is 0.180. The standard InChI is InChI=1S/C17H12Cl2N2O4/c18-11-3-1-9(5-12(11)19)13-7-16(25-21-13)17(22)20-10-2-4-14-15(6-10)24-8-23-14/h1-6,16H,7-8H2,(H,20,22)/t16-/m1/s1. The van der Waals surface area contributed by atoms with Gasteiger partial charge < -0.3 is 19.6 Å². The van der Waals surface area contributed by atoms with Crippen LogP contribution in [0, 0.1) is 0 Å². The Morgan fingerprint density at radius 3 is 2.76 bits per heavy atom. The molecular weight excluding hydrogens is 367 g/mol. The Morgan fingerprint density at radius 2 is 1.92 bits per heavy atom. The zero-order valence-electron chi connectivity index (χ0n) is 12.8. The molecule has 0 saturated heterocycles. The second-order valence-electron chi connectivity index (χ2n) is 5.52. The number of anilines is 1. The maximum atomic E-state index is 12.4. The molecule has 0 saturated carbocycles. The number of nitrogens with zero attached hydrogens (tertiary/aromatic N) is 1. The first-order valence-corrected chi connectivity index (χ1v) is 8.24. The Kier molecular flexibility index (Phi) is 4.15. The molecule has 2 aromatic carbocycles. The Bertz CT molecular complexity index is 885. The van der Waals surface area contributed by atoms with E-state index in [-0.39, 0.29) is 12.7 Å². The summed E-state index contributed by atoms with van der Waals surface area (Å²) in [5.74, 6) is 0.955. The lowest BCUT2D eigenvalue weighted by Crippen LogP contribution is -2.28. The largest absolute Gasteiger partial charge is 0.454 e. The number of rotatable bonds is 3. The van der Waals surface area contributed by atoms with Crippen molar-refractivity contribution in [3.63, 3.8) is 0 Å². The number of hydrogen-bond donors (Lipinski definition) is 1. The quantitative estimate of drug-likeness (QED) is 0.880. The second-order valence-corrected chi connectivity index (χ2v) is 6.34. The number of carbonyl (C=O) groups excluding carboxylic acids is 1.